The maximum absolute atomic E-state index is 13.7. The molecule has 6 nitrogen and oxygen atoms in total. The van der Waals surface area contributed by atoms with Crippen LogP contribution >= 0.6 is 0 Å². The number of carbonyl (C=O) groups excluding carboxylic acids is 1. The average molecular weight is 461 g/mol. The molecule has 0 unspecified atom stereocenters. The number of imidazole rings is 1. The van der Waals surface area contributed by atoms with Gasteiger partial charge in [-0.15, -0.1) is 0 Å². The van der Waals surface area contributed by atoms with Crippen LogP contribution in [-0.4, -0.2) is 71.0 Å². The van der Waals surface area contributed by atoms with E-state index in [0.29, 0.717) is 31.6 Å². The second-order valence-electron chi connectivity index (χ2n) is 10.3. The number of piperidine rings is 1. The summed E-state index contributed by atoms with van der Waals surface area (Å²) in [5.41, 5.74) is 3.33. The second kappa shape index (κ2) is 10.3. The molecule has 1 amide bonds. The molecule has 0 radical (unpaired) electrons. The second-order valence-corrected chi connectivity index (χ2v) is 10.3. The van der Waals surface area contributed by atoms with Gasteiger partial charge in [-0.3, -0.25) is 4.79 Å². The van der Waals surface area contributed by atoms with Crippen molar-refractivity contribution in [3.63, 3.8) is 0 Å². The number of hydrogen-bond donors (Lipinski definition) is 0. The van der Waals surface area contributed by atoms with Crippen LogP contribution in [0, 0.1) is 11.3 Å². The van der Waals surface area contributed by atoms with Crippen molar-refractivity contribution in [2.45, 2.75) is 32.6 Å². The molecule has 5 rings (SSSR count). The van der Waals surface area contributed by atoms with Crippen molar-refractivity contribution < 1.29 is 9.53 Å². The molecule has 180 valence electrons. The average Bonchev–Trinajstić information content (AvgIpc) is 3.21. The Morgan fingerprint density at radius 2 is 1.91 bits per heavy atom. The van der Waals surface area contributed by atoms with Crippen molar-refractivity contribution in [1.82, 2.24) is 19.2 Å². The first kappa shape index (κ1) is 23.1. The topological polar surface area (TPSA) is 50.1 Å². The van der Waals surface area contributed by atoms with Crippen molar-refractivity contribution in [2.24, 2.45) is 11.3 Å². The molecule has 0 N–H and O–H groups in total. The van der Waals surface area contributed by atoms with E-state index in [1.54, 1.807) is 0 Å². The smallest absolute Gasteiger partial charge is 0.228 e. The number of hydrogen-bond acceptors (Lipinski definition) is 4. The molecule has 2 aliphatic rings. The lowest BCUT2D eigenvalue weighted by atomic mass is 9.78. The first-order chi connectivity index (χ1) is 16.6. The fraction of sp³-hybridized carbons (Fsp3) is 0.500. The first-order valence-electron chi connectivity index (χ1n) is 12.6. The third-order valence-electron chi connectivity index (χ3n) is 7.63. The van der Waals surface area contributed by atoms with Gasteiger partial charge in [0, 0.05) is 49.6 Å². The lowest BCUT2D eigenvalue weighted by Crippen LogP contribution is -2.50. The Labute approximate surface area is 202 Å². The van der Waals surface area contributed by atoms with Gasteiger partial charge in [-0.25, -0.2) is 4.98 Å². The van der Waals surface area contributed by atoms with Crippen LogP contribution in [0.15, 0.2) is 61.1 Å². The predicted molar refractivity (Wildman–Crippen MR) is 134 cm³/mol. The summed E-state index contributed by atoms with van der Waals surface area (Å²) in [6, 6.07) is 14.9. The molecular formula is C28H36N4O2. The van der Waals surface area contributed by atoms with E-state index in [9.17, 15) is 4.79 Å². The molecule has 2 aliphatic heterocycles. The van der Waals surface area contributed by atoms with Crippen molar-refractivity contribution in [2.75, 3.05) is 45.9 Å². The monoisotopic (exact) mass is 460 g/mol. The minimum absolute atomic E-state index is 0.270. The van der Waals surface area contributed by atoms with Crippen LogP contribution < -0.4 is 0 Å². The first-order valence-corrected chi connectivity index (χ1v) is 12.6. The Morgan fingerprint density at radius 3 is 2.74 bits per heavy atom. The summed E-state index contributed by atoms with van der Waals surface area (Å²) in [7, 11) is 0. The summed E-state index contributed by atoms with van der Waals surface area (Å²) >= 11 is 0. The minimum atomic E-state index is -0.270. The summed E-state index contributed by atoms with van der Waals surface area (Å²) in [6.45, 7) is 8.03. The van der Waals surface area contributed by atoms with Crippen LogP contribution in [0.2, 0.25) is 0 Å². The fourth-order valence-electron chi connectivity index (χ4n) is 5.41. The zero-order valence-electron chi connectivity index (χ0n) is 20.2. The van der Waals surface area contributed by atoms with Crippen LogP contribution in [0.1, 0.15) is 30.9 Å². The summed E-state index contributed by atoms with van der Waals surface area (Å²) in [5.74, 6) is 0.623. The molecule has 6 heteroatoms. The van der Waals surface area contributed by atoms with Gasteiger partial charge in [0.25, 0.3) is 0 Å². The number of carbonyl (C=O) groups is 1. The maximum atomic E-state index is 13.7. The van der Waals surface area contributed by atoms with Crippen molar-refractivity contribution in [3.8, 4) is 0 Å². The number of benzene rings is 1. The van der Waals surface area contributed by atoms with Crippen molar-refractivity contribution in [3.05, 3.63) is 72.2 Å². The highest BCUT2D eigenvalue weighted by Gasteiger charge is 2.40. The molecule has 34 heavy (non-hydrogen) atoms. The standard InChI is InChI=1S/C28H36N4O2/c1-28(10-14-30(15-11-28)13-9-23-5-3-2-4-6-23)27(33)32-17-18-34-22-25(21-32)19-24-7-8-26-29-12-16-31(26)20-24/h2-8,12,16,20,25H,9-11,13-15,17-19,21-22H2,1H3/t25-/m0/s1. The third-order valence-corrected chi connectivity index (χ3v) is 7.63. The van der Waals surface area contributed by atoms with E-state index in [-0.39, 0.29) is 5.41 Å². The number of fused-ring (bicyclic) bond motifs is 1. The lowest BCUT2D eigenvalue weighted by Gasteiger charge is -2.41. The van der Waals surface area contributed by atoms with Gasteiger partial charge in [0.2, 0.25) is 5.91 Å². The van der Waals surface area contributed by atoms with Crippen LogP contribution in [-0.2, 0) is 22.4 Å². The summed E-state index contributed by atoms with van der Waals surface area (Å²) in [6.07, 6.45) is 9.78. The van der Waals surface area contributed by atoms with Gasteiger partial charge in [-0.2, -0.15) is 0 Å². The Kier molecular flexibility index (Phi) is 6.97. The largest absolute Gasteiger partial charge is 0.379 e. The molecule has 3 aromatic rings. The summed E-state index contributed by atoms with van der Waals surface area (Å²) in [5, 5.41) is 0. The van der Waals surface area contributed by atoms with Crippen LogP contribution in [0.4, 0.5) is 0 Å². The quantitative estimate of drug-likeness (QED) is 0.563. The molecule has 2 saturated heterocycles. The molecule has 0 saturated carbocycles. The number of amides is 1. The van der Waals surface area contributed by atoms with E-state index in [0.717, 1.165) is 57.5 Å². The van der Waals surface area contributed by atoms with E-state index in [2.05, 4.69) is 74.8 Å². The number of aromatic nitrogens is 2. The molecular weight excluding hydrogens is 424 g/mol. The molecule has 2 fully saturated rings. The highest BCUT2D eigenvalue weighted by molar-refractivity contribution is 5.82. The molecule has 4 heterocycles. The Bertz CT molecular complexity index is 1090. The summed E-state index contributed by atoms with van der Waals surface area (Å²) < 4.78 is 7.98. The van der Waals surface area contributed by atoms with Gasteiger partial charge < -0.3 is 18.9 Å². The zero-order valence-corrected chi connectivity index (χ0v) is 20.2. The molecule has 0 spiro atoms. The number of nitrogens with zero attached hydrogens (tertiary/aromatic N) is 4. The van der Waals surface area contributed by atoms with E-state index < -0.39 is 0 Å². The fourth-order valence-corrected chi connectivity index (χ4v) is 5.41. The van der Waals surface area contributed by atoms with Crippen molar-refractivity contribution in [1.29, 1.82) is 0 Å². The van der Waals surface area contributed by atoms with Gasteiger partial charge in [0.15, 0.2) is 0 Å². The van der Waals surface area contributed by atoms with Gasteiger partial charge in [-0.05, 0) is 56.0 Å². The minimum Gasteiger partial charge on any atom is -0.379 e. The van der Waals surface area contributed by atoms with Crippen LogP contribution in [0.25, 0.3) is 5.65 Å². The van der Waals surface area contributed by atoms with Gasteiger partial charge in [-0.1, -0.05) is 43.3 Å². The lowest BCUT2D eigenvalue weighted by molar-refractivity contribution is -0.144. The summed E-state index contributed by atoms with van der Waals surface area (Å²) in [4.78, 5) is 22.6. The molecule has 0 bridgehead atoms. The number of ether oxygens (including phenoxy) is 1. The van der Waals surface area contributed by atoms with E-state index >= 15 is 0 Å². The molecule has 1 aromatic carbocycles. The normalized spacial score (nSPS) is 21.4. The van der Waals surface area contributed by atoms with E-state index in [1.807, 2.05) is 12.4 Å². The SMILES string of the molecule is CC1(C(=O)N2CCOC[C@@H](Cc3ccc4nccn4c3)C2)CCN(CCc2ccccc2)CC1. The third kappa shape index (κ3) is 5.34. The Balaban J connectivity index is 1.16. The predicted octanol–water partition coefficient (Wildman–Crippen LogP) is 3.70. The number of rotatable bonds is 6. The number of pyridine rings is 1. The van der Waals surface area contributed by atoms with Gasteiger partial charge >= 0.3 is 0 Å². The van der Waals surface area contributed by atoms with E-state index in [1.165, 1.54) is 11.1 Å². The van der Waals surface area contributed by atoms with Crippen LogP contribution in [0.5, 0.6) is 0 Å². The van der Waals surface area contributed by atoms with Crippen LogP contribution in [0.3, 0.4) is 0 Å². The molecule has 2 aromatic heterocycles. The van der Waals surface area contributed by atoms with E-state index in [4.69, 9.17) is 4.74 Å². The Morgan fingerprint density at radius 1 is 1.09 bits per heavy atom. The maximum Gasteiger partial charge on any atom is 0.228 e. The highest BCUT2D eigenvalue weighted by atomic mass is 16.5. The molecule has 1 atom stereocenters. The highest BCUT2D eigenvalue weighted by Crippen LogP contribution is 2.34. The van der Waals surface area contributed by atoms with Crippen molar-refractivity contribution >= 4 is 11.6 Å². The Hall–Kier alpha value is -2.70. The zero-order chi connectivity index (χ0) is 23.4. The van der Waals surface area contributed by atoms with Gasteiger partial charge in [0.1, 0.15) is 5.65 Å². The van der Waals surface area contributed by atoms with Gasteiger partial charge in [0.05, 0.1) is 13.2 Å². The molecule has 0 aliphatic carbocycles. The number of likely N-dealkylation sites (tertiary alicyclic amines) is 1.